The van der Waals surface area contributed by atoms with Crippen molar-refractivity contribution in [1.82, 2.24) is 0 Å². The van der Waals surface area contributed by atoms with Gasteiger partial charge in [0.2, 0.25) is 0 Å². The van der Waals surface area contributed by atoms with E-state index in [0.29, 0.717) is 0 Å². The van der Waals surface area contributed by atoms with Crippen molar-refractivity contribution in [3.05, 3.63) is 11.2 Å². The number of hydrogen-bond donors (Lipinski definition) is 0. The van der Waals surface area contributed by atoms with Crippen molar-refractivity contribution >= 4 is 30.4 Å². The Morgan fingerprint density at radius 2 is 2.20 bits per heavy atom. The van der Waals surface area contributed by atoms with Crippen molar-refractivity contribution in [2.75, 3.05) is 0 Å². The van der Waals surface area contributed by atoms with Gasteiger partial charge in [0.25, 0.3) is 0 Å². The predicted molar refractivity (Wildman–Crippen MR) is 33.5 cm³/mol. The Morgan fingerprint density at radius 1 is 2.00 bits per heavy atom. The molecule has 3 heteroatoms. The zero-order valence-corrected chi connectivity index (χ0v) is 7.46. The summed E-state index contributed by atoms with van der Waals surface area (Å²) in [6.07, 6.45) is 0. The van der Waals surface area contributed by atoms with E-state index in [2.05, 4.69) is 6.58 Å². The van der Waals surface area contributed by atoms with Gasteiger partial charge in [0.1, 0.15) is 0 Å². The minimum absolute atomic E-state index is 0.0586. The third-order valence-corrected chi connectivity index (χ3v) is 5.86. The molecule has 0 nitrogen and oxygen atoms in total. The van der Waals surface area contributed by atoms with Gasteiger partial charge < -0.3 is 0 Å². The second kappa shape index (κ2) is 2.69. The Bertz CT molecular complexity index is 42.9. The Kier molecular flexibility index (Phi) is 2.94. The molecule has 0 heterocycles. The van der Waals surface area contributed by atoms with Crippen LogP contribution in [0, 0.1) is 0 Å². The molecule has 0 aliphatic rings. The van der Waals surface area contributed by atoms with Gasteiger partial charge in [-0.2, -0.15) is 0 Å². The normalized spacial score (nSPS) is 10.6. The molecule has 0 aromatic heterocycles. The lowest BCUT2D eigenvalue weighted by atomic mass is 11.3. The zero-order valence-electron chi connectivity index (χ0n) is 3.29. The van der Waals surface area contributed by atoms with Crippen LogP contribution in [0.4, 0.5) is 0 Å². The van der Waals surface area contributed by atoms with E-state index < -0.39 is 0 Å². The van der Waals surface area contributed by atoms with Crippen LogP contribution in [0.25, 0.3) is 0 Å². The standard InChI is InChI=1S/C2H7ClSi2/c1-2(3)5-4/h1,5H2,4H3. The monoisotopic (exact) mass is 122 g/mol. The van der Waals surface area contributed by atoms with E-state index in [-0.39, 0.29) is 9.04 Å². The first-order chi connectivity index (χ1) is 2.27. The molecule has 5 heavy (non-hydrogen) atoms. The fourth-order valence-electron chi connectivity index (χ4n) is 0. The molecule has 0 spiro atoms. The van der Waals surface area contributed by atoms with E-state index in [1.807, 2.05) is 0 Å². The Morgan fingerprint density at radius 3 is 2.20 bits per heavy atom. The summed E-state index contributed by atoms with van der Waals surface area (Å²) in [6.45, 7) is 3.54. The molecule has 0 fully saturated rings. The summed E-state index contributed by atoms with van der Waals surface area (Å²) in [7, 11) is 1.34. The van der Waals surface area contributed by atoms with Gasteiger partial charge in [0, 0.05) is 0 Å². The SMILES string of the molecule is C=C(Cl)[SiH2][SiH3]. The minimum Gasteiger partial charge on any atom is -0.0960 e. The molecular formula is C2H7ClSi2. The Hall–Kier alpha value is 0.464. The second-order valence-corrected chi connectivity index (χ2v) is 5.54. The summed E-state index contributed by atoms with van der Waals surface area (Å²) in [6, 6.07) is 0. The molecule has 0 N–H and O–H groups in total. The first kappa shape index (κ1) is 5.46. The molecule has 0 aliphatic heterocycles. The number of halogens is 1. The topological polar surface area (TPSA) is 0 Å². The van der Waals surface area contributed by atoms with E-state index in [0.717, 1.165) is 4.66 Å². The summed E-state index contributed by atoms with van der Waals surface area (Å²) in [5.74, 6) is 0. The summed E-state index contributed by atoms with van der Waals surface area (Å²) in [4.78, 5) is 0. The predicted octanol–water partition coefficient (Wildman–Crippen LogP) is -0.854. The molecule has 0 unspecified atom stereocenters. The van der Waals surface area contributed by atoms with Crippen molar-refractivity contribution in [2.45, 2.75) is 0 Å². The summed E-state index contributed by atoms with van der Waals surface area (Å²) in [5, 5.41) is 0. The third kappa shape index (κ3) is 4.46. The molecular weight excluding hydrogens is 116 g/mol. The van der Waals surface area contributed by atoms with Gasteiger partial charge in [0.15, 0.2) is 0 Å². The van der Waals surface area contributed by atoms with Gasteiger partial charge in [-0.15, -0.1) is 0 Å². The molecule has 0 bridgehead atoms. The number of rotatable bonds is 1. The minimum atomic E-state index is 0.0586. The molecule has 0 rings (SSSR count). The lowest BCUT2D eigenvalue weighted by molar-refractivity contribution is 2.43. The average molecular weight is 123 g/mol. The number of hydrogen-bond acceptors (Lipinski definition) is 0. The van der Waals surface area contributed by atoms with Crippen molar-refractivity contribution in [3.63, 3.8) is 0 Å². The fourth-order valence-corrected chi connectivity index (χ4v) is 0. The molecule has 30 valence electrons. The molecule has 0 aromatic rings. The molecule has 0 radical (unpaired) electrons. The highest BCUT2D eigenvalue weighted by Crippen LogP contribution is 1.86. The summed E-state index contributed by atoms with van der Waals surface area (Å²) in [5.41, 5.74) is 0. The molecule has 0 atom stereocenters. The van der Waals surface area contributed by atoms with Crippen molar-refractivity contribution in [1.29, 1.82) is 0 Å². The van der Waals surface area contributed by atoms with Crippen molar-refractivity contribution in [3.8, 4) is 0 Å². The van der Waals surface area contributed by atoms with Gasteiger partial charge in [-0.05, 0) is 14.4 Å². The summed E-state index contributed by atoms with van der Waals surface area (Å²) < 4.78 is 0.927. The zero-order chi connectivity index (χ0) is 4.28. The maximum Gasteiger partial charge on any atom is 0.0521 e. The molecule has 0 saturated carbocycles. The quantitative estimate of drug-likeness (QED) is 0.398. The second-order valence-electron chi connectivity index (χ2n) is 0.871. The van der Waals surface area contributed by atoms with Crippen LogP contribution in [0.5, 0.6) is 0 Å². The molecule has 0 amide bonds. The van der Waals surface area contributed by atoms with Crippen LogP contribution in [-0.4, -0.2) is 18.8 Å². The van der Waals surface area contributed by atoms with E-state index >= 15 is 0 Å². The maximum absolute atomic E-state index is 5.36. The van der Waals surface area contributed by atoms with Gasteiger partial charge in [-0.3, -0.25) is 0 Å². The van der Waals surface area contributed by atoms with Crippen LogP contribution in [-0.2, 0) is 0 Å². The van der Waals surface area contributed by atoms with Crippen molar-refractivity contribution < 1.29 is 0 Å². The first-order valence-electron chi connectivity index (χ1n) is 1.60. The Labute approximate surface area is 42.3 Å². The van der Waals surface area contributed by atoms with E-state index in [1.54, 1.807) is 0 Å². The summed E-state index contributed by atoms with van der Waals surface area (Å²) >= 11 is 5.36. The Balaban J connectivity index is 2.85. The van der Waals surface area contributed by atoms with Crippen LogP contribution in [0.3, 0.4) is 0 Å². The molecule has 0 aliphatic carbocycles. The van der Waals surface area contributed by atoms with E-state index in [1.165, 1.54) is 9.76 Å². The lowest BCUT2D eigenvalue weighted by Gasteiger charge is -1.74. The molecule has 0 saturated heterocycles. The van der Waals surface area contributed by atoms with Crippen LogP contribution < -0.4 is 0 Å². The van der Waals surface area contributed by atoms with Crippen LogP contribution >= 0.6 is 11.6 Å². The van der Waals surface area contributed by atoms with Gasteiger partial charge in [-0.1, -0.05) is 18.2 Å². The lowest BCUT2D eigenvalue weighted by Crippen LogP contribution is -1.82. The highest BCUT2D eigenvalue weighted by molar-refractivity contribution is 6.98. The third-order valence-electron chi connectivity index (χ3n) is 0.384. The van der Waals surface area contributed by atoms with Crippen LogP contribution in [0.1, 0.15) is 0 Å². The average Bonchev–Trinajstić information content (AvgIpc) is 1.38. The molecule has 0 aromatic carbocycles. The van der Waals surface area contributed by atoms with Crippen LogP contribution in [0.2, 0.25) is 0 Å². The maximum atomic E-state index is 5.36. The van der Waals surface area contributed by atoms with Gasteiger partial charge in [-0.25, -0.2) is 0 Å². The van der Waals surface area contributed by atoms with E-state index in [9.17, 15) is 0 Å². The van der Waals surface area contributed by atoms with Gasteiger partial charge >= 0.3 is 0 Å². The smallest absolute Gasteiger partial charge is 0.0521 e. The largest absolute Gasteiger partial charge is 0.0960 e. The van der Waals surface area contributed by atoms with Gasteiger partial charge in [0.05, 0.1) is 9.04 Å². The highest BCUT2D eigenvalue weighted by atomic mass is 35.5. The van der Waals surface area contributed by atoms with Crippen LogP contribution in [0.15, 0.2) is 11.2 Å². The highest BCUT2D eigenvalue weighted by Gasteiger charge is 1.73. The fraction of sp³-hybridized carbons (Fsp3) is 0. The first-order valence-corrected chi connectivity index (χ1v) is 8.35. The van der Waals surface area contributed by atoms with Crippen molar-refractivity contribution in [2.24, 2.45) is 0 Å². The van der Waals surface area contributed by atoms with E-state index in [4.69, 9.17) is 11.6 Å².